The molecule has 1 aromatic rings. The van der Waals surface area contributed by atoms with Gasteiger partial charge >= 0.3 is 0 Å². The number of benzene rings is 1. The molecule has 3 rings (SSSR count). The molecule has 1 aliphatic heterocycles. The summed E-state index contributed by atoms with van der Waals surface area (Å²) < 4.78 is 0. The zero-order valence-electron chi connectivity index (χ0n) is 24.6. The van der Waals surface area contributed by atoms with E-state index in [0.717, 1.165) is 5.56 Å². The van der Waals surface area contributed by atoms with Gasteiger partial charge in [0.1, 0.15) is 12.1 Å². The van der Waals surface area contributed by atoms with Crippen LogP contribution in [-0.2, 0) is 30.4 Å². The predicted molar refractivity (Wildman–Crippen MR) is 153 cm³/mol. The molecule has 2 aliphatic rings. The Labute approximate surface area is 237 Å². The van der Waals surface area contributed by atoms with Crippen LogP contribution in [0.15, 0.2) is 43.0 Å². The zero-order valence-corrected chi connectivity index (χ0v) is 24.6. The first-order valence-electron chi connectivity index (χ1n) is 14.1. The van der Waals surface area contributed by atoms with Gasteiger partial charge < -0.3 is 20.9 Å². The molecular weight excluding hydrogens is 508 g/mol. The molecule has 1 heterocycles. The van der Waals surface area contributed by atoms with Crippen LogP contribution >= 0.6 is 0 Å². The lowest BCUT2D eigenvalue weighted by molar-refractivity contribution is -0.146. The SMILES string of the molecule is C=CCNC(=O)C(=O)C(CCC)NC(=O)C1[C@@H]2[C@H](CN1C(=O)C(NC(=O)Cc1ccccc1)C(C)(C)C)C2(C)C. The number of carbonyl (C=O) groups excluding carboxylic acids is 5. The van der Waals surface area contributed by atoms with E-state index in [1.54, 1.807) is 4.90 Å². The summed E-state index contributed by atoms with van der Waals surface area (Å²) in [6.45, 7) is 15.7. The molecule has 0 bridgehead atoms. The Hall–Kier alpha value is -3.49. The summed E-state index contributed by atoms with van der Waals surface area (Å²) in [5, 5.41) is 8.20. The Kier molecular flexibility index (Phi) is 9.59. The predicted octanol–water partition coefficient (Wildman–Crippen LogP) is 2.40. The first kappa shape index (κ1) is 31.0. The van der Waals surface area contributed by atoms with Gasteiger partial charge in [-0.2, -0.15) is 0 Å². The van der Waals surface area contributed by atoms with Crippen LogP contribution in [0.4, 0.5) is 0 Å². The third kappa shape index (κ3) is 6.80. The summed E-state index contributed by atoms with van der Waals surface area (Å²) in [5.74, 6) is -2.49. The van der Waals surface area contributed by atoms with Crippen molar-refractivity contribution in [2.45, 2.75) is 78.9 Å². The van der Waals surface area contributed by atoms with Crippen LogP contribution in [0.5, 0.6) is 0 Å². The Morgan fingerprint density at radius 1 is 1.10 bits per heavy atom. The molecule has 9 heteroatoms. The Morgan fingerprint density at radius 3 is 2.33 bits per heavy atom. The first-order valence-corrected chi connectivity index (χ1v) is 14.1. The van der Waals surface area contributed by atoms with Gasteiger partial charge in [0.15, 0.2) is 0 Å². The standard InChI is InChI=1S/C31H44N4O5/c1-8-13-21(25(37)28(39)32-16-9-2)33-27(38)24-23-20(31(23,6)7)18-35(24)29(40)26(30(3,4)5)34-22(36)17-19-14-11-10-12-15-19/h9-12,14-15,20-21,23-24,26H,2,8,13,16-18H2,1,3-7H3,(H,32,39)(H,33,38)(H,34,36)/t20-,21?,23-,24?,26?/m0/s1. The van der Waals surface area contributed by atoms with Crippen molar-refractivity contribution in [1.82, 2.24) is 20.9 Å². The van der Waals surface area contributed by atoms with E-state index >= 15 is 0 Å². The van der Waals surface area contributed by atoms with Crippen molar-refractivity contribution in [3.8, 4) is 0 Å². The molecule has 2 fully saturated rings. The van der Waals surface area contributed by atoms with Crippen molar-refractivity contribution in [3.05, 3.63) is 48.6 Å². The molecule has 218 valence electrons. The van der Waals surface area contributed by atoms with Crippen LogP contribution in [0.2, 0.25) is 0 Å². The third-order valence-corrected chi connectivity index (χ3v) is 8.23. The van der Waals surface area contributed by atoms with E-state index in [-0.39, 0.29) is 42.0 Å². The van der Waals surface area contributed by atoms with Gasteiger partial charge in [-0.25, -0.2) is 0 Å². The number of ketones is 1. The summed E-state index contributed by atoms with van der Waals surface area (Å²) in [5.41, 5.74) is 0.0832. The number of Topliss-reactive ketones (excluding diaryl/α,β-unsaturated/α-hetero) is 1. The second-order valence-electron chi connectivity index (χ2n) is 12.6. The number of amides is 4. The van der Waals surface area contributed by atoms with E-state index in [1.165, 1.54) is 6.08 Å². The first-order chi connectivity index (χ1) is 18.7. The van der Waals surface area contributed by atoms with Gasteiger partial charge in [-0.15, -0.1) is 6.58 Å². The molecule has 3 unspecified atom stereocenters. The minimum Gasteiger partial charge on any atom is -0.346 e. The van der Waals surface area contributed by atoms with Gasteiger partial charge in [0.05, 0.1) is 12.5 Å². The highest BCUT2D eigenvalue weighted by atomic mass is 16.2. The lowest BCUT2D eigenvalue weighted by Crippen LogP contribution is -2.60. The van der Waals surface area contributed by atoms with Gasteiger partial charge in [-0.3, -0.25) is 24.0 Å². The molecule has 4 amide bonds. The summed E-state index contributed by atoms with van der Waals surface area (Å²) in [4.78, 5) is 67.5. The van der Waals surface area contributed by atoms with Gasteiger partial charge in [0.25, 0.3) is 5.91 Å². The number of hydrogen-bond donors (Lipinski definition) is 3. The zero-order chi connectivity index (χ0) is 29.8. The highest BCUT2D eigenvalue weighted by molar-refractivity contribution is 6.38. The Morgan fingerprint density at radius 2 is 1.75 bits per heavy atom. The number of nitrogens with zero attached hydrogens (tertiary/aromatic N) is 1. The second-order valence-corrected chi connectivity index (χ2v) is 12.6. The number of carbonyl (C=O) groups is 5. The average Bonchev–Trinajstić information content (AvgIpc) is 3.22. The highest BCUT2D eigenvalue weighted by Crippen LogP contribution is 2.65. The van der Waals surface area contributed by atoms with Gasteiger partial charge in [0.2, 0.25) is 23.5 Å². The molecule has 1 saturated heterocycles. The molecule has 0 radical (unpaired) electrons. The smallest absolute Gasteiger partial charge is 0.289 e. The molecule has 1 aliphatic carbocycles. The fraction of sp³-hybridized carbons (Fsp3) is 0.581. The topological polar surface area (TPSA) is 125 Å². The van der Waals surface area contributed by atoms with E-state index < -0.39 is 41.1 Å². The molecule has 40 heavy (non-hydrogen) atoms. The van der Waals surface area contributed by atoms with Crippen molar-refractivity contribution in [2.75, 3.05) is 13.1 Å². The van der Waals surface area contributed by atoms with E-state index in [4.69, 9.17) is 0 Å². The number of fused-ring (bicyclic) bond motifs is 1. The molecule has 1 aromatic carbocycles. The fourth-order valence-electron chi connectivity index (χ4n) is 5.85. The number of rotatable bonds is 12. The van der Waals surface area contributed by atoms with E-state index in [0.29, 0.717) is 19.4 Å². The molecular formula is C31H44N4O5. The van der Waals surface area contributed by atoms with Gasteiger partial charge in [-0.05, 0) is 34.7 Å². The monoisotopic (exact) mass is 552 g/mol. The quantitative estimate of drug-likeness (QED) is 0.271. The van der Waals surface area contributed by atoms with Crippen molar-refractivity contribution < 1.29 is 24.0 Å². The largest absolute Gasteiger partial charge is 0.346 e. The molecule has 0 spiro atoms. The summed E-state index contributed by atoms with van der Waals surface area (Å²) in [6, 6.07) is 6.66. The van der Waals surface area contributed by atoms with E-state index in [9.17, 15) is 24.0 Å². The Bertz CT molecular complexity index is 1140. The lowest BCUT2D eigenvalue weighted by atomic mass is 9.85. The Balaban J connectivity index is 1.81. The van der Waals surface area contributed by atoms with Gasteiger partial charge in [-0.1, -0.05) is 84.4 Å². The second kappa shape index (κ2) is 12.4. The number of hydrogen-bond acceptors (Lipinski definition) is 5. The number of likely N-dealkylation sites (tertiary alicyclic amines) is 1. The minimum atomic E-state index is -0.996. The van der Waals surface area contributed by atoms with Crippen molar-refractivity contribution >= 4 is 29.4 Å². The maximum Gasteiger partial charge on any atom is 0.289 e. The van der Waals surface area contributed by atoms with Crippen molar-refractivity contribution in [3.63, 3.8) is 0 Å². The van der Waals surface area contributed by atoms with Crippen LogP contribution in [0, 0.1) is 22.7 Å². The van der Waals surface area contributed by atoms with Crippen molar-refractivity contribution in [1.29, 1.82) is 0 Å². The summed E-state index contributed by atoms with van der Waals surface area (Å²) in [6.07, 6.45) is 2.48. The minimum absolute atomic E-state index is 0.0796. The van der Waals surface area contributed by atoms with Crippen LogP contribution < -0.4 is 16.0 Å². The maximum absolute atomic E-state index is 14.0. The van der Waals surface area contributed by atoms with Crippen LogP contribution in [0.3, 0.4) is 0 Å². The molecule has 0 aromatic heterocycles. The molecule has 5 atom stereocenters. The number of nitrogens with one attached hydrogen (secondary N) is 3. The van der Waals surface area contributed by atoms with E-state index in [2.05, 4.69) is 36.4 Å². The highest BCUT2D eigenvalue weighted by Gasteiger charge is 2.69. The number of piperidine rings is 1. The van der Waals surface area contributed by atoms with Gasteiger partial charge in [0, 0.05) is 13.1 Å². The van der Waals surface area contributed by atoms with Crippen LogP contribution in [-0.4, -0.2) is 65.5 Å². The molecule has 3 N–H and O–H groups in total. The van der Waals surface area contributed by atoms with E-state index in [1.807, 2.05) is 58.0 Å². The summed E-state index contributed by atoms with van der Waals surface area (Å²) >= 11 is 0. The third-order valence-electron chi connectivity index (χ3n) is 8.23. The van der Waals surface area contributed by atoms with Crippen LogP contribution in [0.1, 0.15) is 59.9 Å². The lowest BCUT2D eigenvalue weighted by Gasteiger charge is -2.38. The fourth-order valence-corrected chi connectivity index (χ4v) is 5.85. The maximum atomic E-state index is 14.0. The van der Waals surface area contributed by atoms with Crippen LogP contribution in [0.25, 0.3) is 0 Å². The molecule has 9 nitrogen and oxygen atoms in total. The molecule has 1 saturated carbocycles. The average molecular weight is 553 g/mol. The van der Waals surface area contributed by atoms with Crippen molar-refractivity contribution in [2.24, 2.45) is 22.7 Å². The summed E-state index contributed by atoms with van der Waals surface area (Å²) in [7, 11) is 0. The normalized spacial score (nSPS) is 22.4.